The van der Waals surface area contributed by atoms with Crippen LogP contribution in [0, 0.1) is 0 Å². The number of carbonyl (C=O) groups is 1. The Morgan fingerprint density at radius 3 is 2.92 bits per heavy atom. The highest BCUT2D eigenvalue weighted by molar-refractivity contribution is 7.13. The van der Waals surface area contributed by atoms with Gasteiger partial charge in [-0.15, -0.1) is 0 Å². The van der Waals surface area contributed by atoms with Crippen LogP contribution >= 0.6 is 11.5 Å². The van der Waals surface area contributed by atoms with E-state index in [-0.39, 0.29) is 12.1 Å². The molecule has 1 atom stereocenters. The third-order valence-corrected chi connectivity index (χ3v) is 5.33. The summed E-state index contributed by atoms with van der Waals surface area (Å²) < 4.78 is 17.0. The van der Waals surface area contributed by atoms with Crippen LogP contribution in [-0.2, 0) is 4.74 Å². The summed E-state index contributed by atoms with van der Waals surface area (Å²) in [6, 6.07) is 8.36. The number of rotatable bonds is 5. The van der Waals surface area contributed by atoms with Crippen molar-refractivity contribution >= 4 is 27.7 Å². The highest BCUT2D eigenvalue weighted by Gasteiger charge is 2.30. The molecule has 0 saturated carbocycles. The summed E-state index contributed by atoms with van der Waals surface area (Å²) in [5.74, 6) is 0.721. The van der Waals surface area contributed by atoms with Crippen LogP contribution in [0.2, 0.25) is 0 Å². The van der Waals surface area contributed by atoms with Gasteiger partial charge in [0.1, 0.15) is 5.60 Å². The number of nitrogens with zero attached hydrogens (tertiary/aromatic N) is 2. The molecule has 1 amide bonds. The van der Waals surface area contributed by atoms with E-state index < -0.39 is 5.60 Å². The van der Waals surface area contributed by atoms with Gasteiger partial charge in [0, 0.05) is 12.6 Å². The number of amides is 1. The lowest BCUT2D eigenvalue weighted by molar-refractivity contribution is 0.00823. The number of fused-ring (bicyclic) bond motifs is 1. The zero-order chi connectivity index (χ0) is 18.6. The predicted molar refractivity (Wildman–Crippen MR) is 105 cm³/mol. The van der Waals surface area contributed by atoms with Crippen molar-refractivity contribution in [2.45, 2.75) is 64.5 Å². The Morgan fingerprint density at radius 2 is 2.12 bits per heavy atom. The van der Waals surface area contributed by atoms with E-state index in [0.29, 0.717) is 6.61 Å². The highest BCUT2D eigenvalue weighted by atomic mass is 32.1. The second kappa shape index (κ2) is 8.25. The van der Waals surface area contributed by atoms with Gasteiger partial charge in [-0.1, -0.05) is 12.1 Å². The van der Waals surface area contributed by atoms with E-state index in [4.69, 9.17) is 9.47 Å². The maximum absolute atomic E-state index is 12.5. The fourth-order valence-corrected chi connectivity index (χ4v) is 4.04. The number of aromatic nitrogens is 1. The molecular formula is C20H28N2O3S. The molecule has 1 aliphatic heterocycles. The van der Waals surface area contributed by atoms with Gasteiger partial charge >= 0.3 is 6.09 Å². The second-order valence-electron chi connectivity index (χ2n) is 7.80. The summed E-state index contributed by atoms with van der Waals surface area (Å²) in [5, 5.41) is 1.07. The van der Waals surface area contributed by atoms with Gasteiger partial charge in [0.25, 0.3) is 0 Å². The lowest BCUT2D eigenvalue weighted by Crippen LogP contribution is -2.46. The molecule has 1 aromatic carbocycles. The van der Waals surface area contributed by atoms with Crippen LogP contribution < -0.4 is 4.74 Å². The van der Waals surface area contributed by atoms with E-state index in [1.807, 2.05) is 43.9 Å². The molecule has 0 spiro atoms. The van der Waals surface area contributed by atoms with Crippen LogP contribution in [-0.4, -0.2) is 40.2 Å². The first-order valence-corrected chi connectivity index (χ1v) is 10.2. The topological polar surface area (TPSA) is 51.7 Å². The Kier molecular flexibility index (Phi) is 6.01. The second-order valence-corrected chi connectivity index (χ2v) is 8.60. The summed E-state index contributed by atoms with van der Waals surface area (Å²) in [5.41, 5.74) is -0.451. The summed E-state index contributed by atoms with van der Waals surface area (Å²) in [6.07, 6.45) is 4.91. The molecule has 142 valence electrons. The largest absolute Gasteiger partial charge is 0.477 e. The lowest BCUT2D eigenvalue weighted by atomic mass is 9.98. The summed E-state index contributed by atoms with van der Waals surface area (Å²) >= 11 is 1.47. The summed E-state index contributed by atoms with van der Waals surface area (Å²) in [7, 11) is 0. The minimum atomic E-state index is -0.451. The van der Waals surface area contributed by atoms with Crippen molar-refractivity contribution in [2.24, 2.45) is 0 Å². The Labute approximate surface area is 159 Å². The first-order valence-electron chi connectivity index (χ1n) is 9.41. The Balaban J connectivity index is 1.50. The van der Waals surface area contributed by atoms with Gasteiger partial charge in [-0.05, 0) is 76.5 Å². The molecule has 2 heterocycles. The number of likely N-dealkylation sites (tertiary alicyclic amines) is 1. The molecule has 2 aromatic rings. The number of carbonyl (C=O) groups excluding carboxylic acids is 1. The minimum Gasteiger partial charge on any atom is -0.477 e. The first-order chi connectivity index (χ1) is 12.4. The first kappa shape index (κ1) is 19.0. The van der Waals surface area contributed by atoms with Crippen LogP contribution in [0.25, 0.3) is 10.1 Å². The van der Waals surface area contributed by atoms with Crippen molar-refractivity contribution in [3.05, 3.63) is 24.3 Å². The SMILES string of the molecule is CC(C)(C)OC(=O)N1CCCC[C@H]1CCCOc1nsc2ccccc12. The Hall–Kier alpha value is -1.82. The molecule has 0 bridgehead atoms. The molecule has 1 fully saturated rings. The maximum Gasteiger partial charge on any atom is 0.410 e. The van der Waals surface area contributed by atoms with Crippen molar-refractivity contribution in [3.63, 3.8) is 0 Å². The van der Waals surface area contributed by atoms with Crippen LogP contribution in [0.1, 0.15) is 52.9 Å². The van der Waals surface area contributed by atoms with Crippen LogP contribution in [0.5, 0.6) is 5.88 Å². The Bertz CT molecular complexity index is 738. The molecule has 0 N–H and O–H groups in total. The number of ether oxygens (including phenoxy) is 2. The minimum absolute atomic E-state index is 0.186. The van der Waals surface area contributed by atoms with E-state index in [1.165, 1.54) is 18.0 Å². The van der Waals surface area contributed by atoms with Gasteiger partial charge < -0.3 is 14.4 Å². The molecule has 3 rings (SSSR count). The lowest BCUT2D eigenvalue weighted by Gasteiger charge is -2.36. The quantitative estimate of drug-likeness (QED) is 0.669. The number of hydrogen-bond donors (Lipinski definition) is 0. The third-order valence-electron chi connectivity index (χ3n) is 4.52. The smallest absolute Gasteiger partial charge is 0.410 e. The molecule has 5 nitrogen and oxygen atoms in total. The van der Waals surface area contributed by atoms with Gasteiger partial charge in [0.2, 0.25) is 5.88 Å². The van der Waals surface area contributed by atoms with E-state index >= 15 is 0 Å². The number of hydrogen-bond acceptors (Lipinski definition) is 5. The molecule has 0 unspecified atom stereocenters. The van der Waals surface area contributed by atoms with Crippen molar-refractivity contribution in [3.8, 4) is 5.88 Å². The average Bonchev–Trinajstić information content (AvgIpc) is 3.01. The molecule has 26 heavy (non-hydrogen) atoms. The number of piperidine rings is 1. The van der Waals surface area contributed by atoms with Crippen LogP contribution in [0.15, 0.2) is 24.3 Å². The van der Waals surface area contributed by atoms with Crippen molar-refractivity contribution in [2.75, 3.05) is 13.2 Å². The standard InChI is InChI=1S/C20H28N2O3S/c1-20(2,3)25-19(23)22-13-7-6-9-15(22)10-8-14-24-18-16-11-4-5-12-17(16)26-21-18/h4-5,11-12,15H,6-10,13-14H2,1-3H3/t15-/m0/s1. The molecule has 1 saturated heterocycles. The van der Waals surface area contributed by atoms with E-state index in [2.05, 4.69) is 10.4 Å². The maximum atomic E-state index is 12.5. The molecule has 0 aliphatic carbocycles. The van der Waals surface area contributed by atoms with Crippen molar-refractivity contribution in [1.82, 2.24) is 9.27 Å². The molecule has 0 radical (unpaired) electrons. The zero-order valence-electron chi connectivity index (χ0n) is 15.9. The van der Waals surface area contributed by atoms with Gasteiger partial charge in [-0.3, -0.25) is 0 Å². The van der Waals surface area contributed by atoms with Crippen LogP contribution in [0.3, 0.4) is 0 Å². The molecule has 6 heteroatoms. The molecular weight excluding hydrogens is 348 g/mol. The fourth-order valence-electron chi connectivity index (χ4n) is 3.32. The summed E-state index contributed by atoms with van der Waals surface area (Å²) in [4.78, 5) is 14.4. The van der Waals surface area contributed by atoms with Gasteiger partial charge in [0.05, 0.1) is 16.7 Å². The third kappa shape index (κ3) is 4.87. The Morgan fingerprint density at radius 1 is 1.31 bits per heavy atom. The van der Waals surface area contributed by atoms with E-state index in [1.54, 1.807) is 0 Å². The van der Waals surface area contributed by atoms with E-state index in [9.17, 15) is 4.79 Å². The molecule has 1 aromatic heterocycles. The average molecular weight is 377 g/mol. The highest BCUT2D eigenvalue weighted by Crippen LogP contribution is 2.28. The summed E-state index contributed by atoms with van der Waals surface area (Å²) in [6.45, 7) is 7.14. The van der Waals surface area contributed by atoms with Gasteiger partial charge in [0.15, 0.2) is 0 Å². The fraction of sp³-hybridized carbons (Fsp3) is 0.600. The number of benzene rings is 1. The van der Waals surface area contributed by atoms with Gasteiger partial charge in [-0.2, -0.15) is 4.37 Å². The van der Waals surface area contributed by atoms with Crippen molar-refractivity contribution in [1.29, 1.82) is 0 Å². The van der Waals surface area contributed by atoms with E-state index in [0.717, 1.165) is 48.2 Å². The molecule has 1 aliphatic rings. The van der Waals surface area contributed by atoms with Crippen LogP contribution in [0.4, 0.5) is 4.79 Å². The predicted octanol–water partition coefficient (Wildman–Crippen LogP) is 5.24. The normalized spacial score (nSPS) is 18.1. The van der Waals surface area contributed by atoms with Gasteiger partial charge in [-0.25, -0.2) is 4.79 Å². The van der Waals surface area contributed by atoms with Crippen molar-refractivity contribution < 1.29 is 14.3 Å². The monoisotopic (exact) mass is 376 g/mol. The zero-order valence-corrected chi connectivity index (χ0v) is 16.7.